The standard InChI is InChI=1S/C15H28N2O3S/c1-12(11-21(2,19)20)17(14-4-5-14)15(18)6-3-13-7-9-16-10-8-13/h12-14,16H,3-11H2,1-2H3. The fourth-order valence-corrected chi connectivity index (χ4v) is 4.34. The van der Waals surface area contributed by atoms with E-state index in [0.717, 1.165) is 45.2 Å². The van der Waals surface area contributed by atoms with Crippen LogP contribution in [0, 0.1) is 5.92 Å². The lowest BCUT2D eigenvalue weighted by Crippen LogP contribution is -2.44. The van der Waals surface area contributed by atoms with Crippen molar-refractivity contribution < 1.29 is 13.2 Å². The van der Waals surface area contributed by atoms with Crippen molar-refractivity contribution >= 4 is 15.7 Å². The van der Waals surface area contributed by atoms with Gasteiger partial charge in [-0.2, -0.15) is 0 Å². The quantitative estimate of drug-likeness (QED) is 0.766. The van der Waals surface area contributed by atoms with Crippen molar-refractivity contribution in [2.75, 3.05) is 25.1 Å². The average molecular weight is 316 g/mol. The summed E-state index contributed by atoms with van der Waals surface area (Å²) < 4.78 is 22.9. The first-order valence-electron chi connectivity index (χ1n) is 8.06. The van der Waals surface area contributed by atoms with E-state index in [1.54, 1.807) is 0 Å². The first-order valence-corrected chi connectivity index (χ1v) is 10.1. The molecule has 0 bridgehead atoms. The van der Waals surface area contributed by atoms with E-state index in [4.69, 9.17) is 0 Å². The predicted octanol–water partition coefficient (Wildman–Crippen LogP) is 1.19. The second kappa shape index (κ2) is 7.09. The highest BCUT2D eigenvalue weighted by molar-refractivity contribution is 7.90. The lowest BCUT2D eigenvalue weighted by molar-refractivity contribution is -0.133. The molecule has 0 aromatic heterocycles. The van der Waals surface area contributed by atoms with Gasteiger partial charge in [0.05, 0.1) is 5.75 Å². The Labute approximate surface area is 128 Å². The van der Waals surface area contributed by atoms with Crippen LogP contribution in [0.25, 0.3) is 0 Å². The number of carbonyl (C=O) groups excluding carboxylic acids is 1. The molecule has 1 aliphatic carbocycles. The van der Waals surface area contributed by atoms with Gasteiger partial charge < -0.3 is 10.2 Å². The van der Waals surface area contributed by atoms with Crippen LogP contribution in [0.2, 0.25) is 0 Å². The van der Waals surface area contributed by atoms with Gasteiger partial charge in [-0.1, -0.05) is 0 Å². The third kappa shape index (κ3) is 5.58. The van der Waals surface area contributed by atoms with Crippen LogP contribution in [0.5, 0.6) is 0 Å². The van der Waals surface area contributed by atoms with Crippen molar-refractivity contribution in [3.8, 4) is 0 Å². The van der Waals surface area contributed by atoms with Gasteiger partial charge in [-0.05, 0) is 58.0 Å². The van der Waals surface area contributed by atoms with E-state index >= 15 is 0 Å². The van der Waals surface area contributed by atoms with Crippen molar-refractivity contribution in [2.45, 2.75) is 57.5 Å². The SMILES string of the molecule is CC(CS(C)(=O)=O)N(C(=O)CCC1CCNCC1)C1CC1. The molecule has 2 fully saturated rings. The smallest absolute Gasteiger partial charge is 0.223 e. The minimum Gasteiger partial charge on any atom is -0.336 e. The molecule has 6 heteroatoms. The first-order chi connectivity index (χ1) is 9.87. The van der Waals surface area contributed by atoms with Crippen LogP contribution in [0.4, 0.5) is 0 Å². The molecule has 1 aliphatic heterocycles. The second-order valence-electron chi connectivity index (χ2n) is 6.71. The highest BCUT2D eigenvalue weighted by atomic mass is 32.2. The topological polar surface area (TPSA) is 66.5 Å². The number of hydrogen-bond donors (Lipinski definition) is 1. The van der Waals surface area contributed by atoms with Gasteiger partial charge in [-0.25, -0.2) is 8.42 Å². The fourth-order valence-electron chi connectivity index (χ4n) is 3.31. The van der Waals surface area contributed by atoms with E-state index < -0.39 is 9.84 Å². The Morgan fingerprint density at radius 1 is 1.24 bits per heavy atom. The highest BCUT2D eigenvalue weighted by Gasteiger charge is 2.36. The molecule has 1 N–H and O–H groups in total. The Kier molecular flexibility index (Phi) is 5.66. The van der Waals surface area contributed by atoms with Crippen LogP contribution in [-0.4, -0.2) is 56.4 Å². The molecule has 1 amide bonds. The zero-order chi connectivity index (χ0) is 15.5. The number of sulfone groups is 1. The molecule has 1 saturated carbocycles. The zero-order valence-corrected chi connectivity index (χ0v) is 14.0. The van der Waals surface area contributed by atoms with E-state index in [1.165, 1.54) is 6.26 Å². The molecule has 122 valence electrons. The van der Waals surface area contributed by atoms with Gasteiger partial charge in [0, 0.05) is 24.8 Å². The van der Waals surface area contributed by atoms with Crippen LogP contribution in [-0.2, 0) is 14.6 Å². The molecule has 0 aromatic carbocycles. The summed E-state index contributed by atoms with van der Waals surface area (Å²) in [5.41, 5.74) is 0. The summed E-state index contributed by atoms with van der Waals surface area (Å²) in [6.45, 7) is 3.97. The molecule has 1 heterocycles. The molecule has 2 rings (SSSR count). The van der Waals surface area contributed by atoms with Gasteiger partial charge in [0.15, 0.2) is 0 Å². The number of nitrogens with zero attached hydrogens (tertiary/aromatic N) is 1. The minimum absolute atomic E-state index is 0.0720. The fraction of sp³-hybridized carbons (Fsp3) is 0.933. The number of nitrogens with one attached hydrogen (secondary N) is 1. The summed E-state index contributed by atoms with van der Waals surface area (Å²) in [4.78, 5) is 14.4. The summed E-state index contributed by atoms with van der Waals surface area (Å²) in [6, 6.07) is 0.0790. The van der Waals surface area contributed by atoms with Crippen molar-refractivity contribution in [2.24, 2.45) is 5.92 Å². The molecular weight excluding hydrogens is 288 g/mol. The predicted molar refractivity (Wildman–Crippen MR) is 83.9 cm³/mol. The Bertz CT molecular complexity index is 454. The Morgan fingerprint density at radius 2 is 1.86 bits per heavy atom. The van der Waals surface area contributed by atoms with Crippen LogP contribution >= 0.6 is 0 Å². The van der Waals surface area contributed by atoms with Gasteiger partial charge in [0.1, 0.15) is 9.84 Å². The van der Waals surface area contributed by atoms with Gasteiger partial charge in [0.25, 0.3) is 0 Å². The van der Waals surface area contributed by atoms with Gasteiger partial charge in [0.2, 0.25) is 5.91 Å². The van der Waals surface area contributed by atoms with Crippen LogP contribution in [0.15, 0.2) is 0 Å². The van der Waals surface area contributed by atoms with Crippen molar-refractivity contribution in [1.29, 1.82) is 0 Å². The Morgan fingerprint density at radius 3 is 2.38 bits per heavy atom. The van der Waals surface area contributed by atoms with Crippen LogP contribution in [0.1, 0.15) is 45.4 Å². The Hall–Kier alpha value is -0.620. The molecular formula is C15H28N2O3S. The second-order valence-corrected chi connectivity index (χ2v) is 8.89. The largest absolute Gasteiger partial charge is 0.336 e. The summed E-state index contributed by atoms with van der Waals surface area (Å²) in [7, 11) is -3.05. The lowest BCUT2D eigenvalue weighted by atomic mass is 9.93. The van der Waals surface area contributed by atoms with Crippen molar-refractivity contribution in [3.63, 3.8) is 0 Å². The number of rotatable bonds is 7. The molecule has 0 radical (unpaired) electrons. The number of carbonyl (C=O) groups is 1. The average Bonchev–Trinajstić information content (AvgIpc) is 3.20. The van der Waals surface area contributed by atoms with Gasteiger partial charge in [-0.3, -0.25) is 4.79 Å². The third-order valence-corrected chi connectivity index (χ3v) is 5.56. The summed E-state index contributed by atoms with van der Waals surface area (Å²) >= 11 is 0. The molecule has 1 unspecified atom stereocenters. The maximum atomic E-state index is 12.5. The summed E-state index contributed by atoms with van der Waals surface area (Å²) in [5, 5.41) is 3.34. The van der Waals surface area contributed by atoms with E-state index in [-0.39, 0.29) is 23.7 Å². The summed E-state index contributed by atoms with van der Waals surface area (Å²) in [6.07, 6.45) is 7.09. The third-order valence-electron chi connectivity index (χ3n) is 4.47. The Balaban J connectivity index is 1.86. The van der Waals surface area contributed by atoms with Crippen LogP contribution in [0.3, 0.4) is 0 Å². The van der Waals surface area contributed by atoms with E-state index in [0.29, 0.717) is 12.3 Å². The number of piperidine rings is 1. The van der Waals surface area contributed by atoms with Crippen molar-refractivity contribution in [1.82, 2.24) is 10.2 Å². The van der Waals surface area contributed by atoms with E-state index in [9.17, 15) is 13.2 Å². The van der Waals surface area contributed by atoms with E-state index in [1.807, 2.05) is 11.8 Å². The first kappa shape index (κ1) is 16.7. The van der Waals surface area contributed by atoms with E-state index in [2.05, 4.69) is 5.32 Å². The highest BCUT2D eigenvalue weighted by Crippen LogP contribution is 2.30. The normalized spacial score (nSPS) is 22.0. The molecule has 21 heavy (non-hydrogen) atoms. The maximum Gasteiger partial charge on any atom is 0.223 e. The zero-order valence-electron chi connectivity index (χ0n) is 13.2. The minimum atomic E-state index is -3.05. The lowest BCUT2D eigenvalue weighted by Gasteiger charge is -2.30. The van der Waals surface area contributed by atoms with Gasteiger partial charge in [-0.15, -0.1) is 0 Å². The molecule has 5 nitrogen and oxygen atoms in total. The maximum absolute atomic E-state index is 12.5. The van der Waals surface area contributed by atoms with Crippen molar-refractivity contribution in [3.05, 3.63) is 0 Å². The number of hydrogen-bond acceptors (Lipinski definition) is 4. The molecule has 2 aliphatic rings. The van der Waals surface area contributed by atoms with Crippen LogP contribution < -0.4 is 5.32 Å². The summed E-state index contributed by atoms with van der Waals surface area (Å²) in [5.74, 6) is 0.858. The van der Waals surface area contributed by atoms with Gasteiger partial charge >= 0.3 is 0 Å². The molecule has 0 spiro atoms. The molecule has 0 aromatic rings. The molecule has 1 atom stereocenters. The number of amides is 1. The monoisotopic (exact) mass is 316 g/mol. The molecule has 1 saturated heterocycles.